The summed E-state index contributed by atoms with van der Waals surface area (Å²) in [5.41, 5.74) is -1.19. The first-order chi connectivity index (χ1) is 11.5. The summed E-state index contributed by atoms with van der Waals surface area (Å²) in [7, 11) is 1.36. The third kappa shape index (κ3) is 3.80. The highest BCUT2D eigenvalue weighted by Gasteiger charge is 2.69. The molecule has 0 saturated heterocycles. The minimum Gasteiger partial charge on any atom is -0.495 e. The van der Waals surface area contributed by atoms with Crippen LogP contribution in [0.3, 0.4) is 0 Å². The predicted octanol–water partition coefficient (Wildman–Crippen LogP) is 3.06. The van der Waals surface area contributed by atoms with Crippen LogP contribution < -0.4 is 10.1 Å². The Kier molecular flexibility index (Phi) is 5.15. The van der Waals surface area contributed by atoms with Gasteiger partial charge in [-0.05, 0) is 19.9 Å². The number of amides is 1. The van der Waals surface area contributed by atoms with Crippen molar-refractivity contribution in [2.75, 3.05) is 12.4 Å². The quantitative estimate of drug-likeness (QED) is 0.346. The summed E-state index contributed by atoms with van der Waals surface area (Å²) in [6, 6.07) is 3.74. The molecular formula is C15H16Cl2N2O6. The van der Waals surface area contributed by atoms with Crippen molar-refractivity contribution in [1.82, 2.24) is 0 Å². The number of anilines is 1. The van der Waals surface area contributed by atoms with Crippen LogP contribution in [0.1, 0.15) is 20.3 Å². The molecule has 25 heavy (non-hydrogen) atoms. The van der Waals surface area contributed by atoms with Gasteiger partial charge in [0.15, 0.2) is 6.10 Å². The van der Waals surface area contributed by atoms with Gasteiger partial charge in [-0.1, -0.05) is 0 Å². The topological polar surface area (TPSA) is 108 Å². The van der Waals surface area contributed by atoms with E-state index in [1.807, 2.05) is 0 Å². The molecule has 0 aliphatic heterocycles. The van der Waals surface area contributed by atoms with E-state index in [0.717, 1.165) is 6.07 Å². The number of rotatable bonds is 6. The summed E-state index contributed by atoms with van der Waals surface area (Å²) >= 11 is 11.8. The first kappa shape index (κ1) is 19.3. The van der Waals surface area contributed by atoms with Crippen LogP contribution in [-0.2, 0) is 14.3 Å². The number of carbonyl (C=O) groups excluding carboxylic acids is 2. The zero-order valence-corrected chi connectivity index (χ0v) is 15.2. The number of hydrogen-bond donors (Lipinski definition) is 1. The number of ether oxygens (including phenoxy) is 2. The Morgan fingerprint density at radius 2 is 2.00 bits per heavy atom. The summed E-state index contributed by atoms with van der Waals surface area (Å²) in [6.07, 6.45) is -0.923. The van der Waals surface area contributed by atoms with Gasteiger partial charge in [-0.3, -0.25) is 19.7 Å². The van der Waals surface area contributed by atoms with Crippen LogP contribution in [0.15, 0.2) is 18.2 Å². The zero-order chi connectivity index (χ0) is 19.0. The number of alkyl halides is 2. The molecule has 136 valence electrons. The molecule has 1 aromatic carbocycles. The standard InChI is InChI=1S/C15H16Cl2N2O6/c1-8(25-13(21)14(2)7-15(14,16)17)12(20)18-10-6-9(19(22)23)4-5-11(10)24-3/h4-6,8H,7H2,1-3H3,(H,18,20)/t8-,14+/m0/s1. The monoisotopic (exact) mass is 390 g/mol. The van der Waals surface area contributed by atoms with E-state index in [1.165, 1.54) is 26.2 Å². The number of nitro groups is 1. The van der Waals surface area contributed by atoms with Crippen LogP contribution in [0, 0.1) is 15.5 Å². The Hall–Kier alpha value is -2.06. The van der Waals surface area contributed by atoms with Crippen molar-refractivity contribution in [2.24, 2.45) is 5.41 Å². The van der Waals surface area contributed by atoms with Gasteiger partial charge in [0.05, 0.1) is 17.7 Å². The molecule has 0 aromatic heterocycles. The van der Waals surface area contributed by atoms with Crippen molar-refractivity contribution in [1.29, 1.82) is 0 Å². The number of methoxy groups -OCH3 is 1. The molecule has 0 bridgehead atoms. The van der Waals surface area contributed by atoms with Gasteiger partial charge < -0.3 is 14.8 Å². The van der Waals surface area contributed by atoms with E-state index in [9.17, 15) is 19.7 Å². The van der Waals surface area contributed by atoms with E-state index in [2.05, 4.69) is 5.32 Å². The molecule has 2 rings (SSSR count). The molecule has 1 fully saturated rings. The first-order valence-electron chi connectivity index (χ1n) is 7.24. The Labute approximate surface area is 153 Å². The van der Waals surface area contributed by atoms with Crippen LogP contribution >= 0.6 is 23.2 Å². The average molecular weight is 391 g/mol. The lowest BCUT2D eigenvalue weighted by Gasteiger charge is -2.18. The zero-order valence-electron chi connectivity index (χ0n) is 13.7. The minimum atomic E-state index is -1.20. The van der Waals surface area contributed by atoms with Crippen molar-refractivity contribution in [2.45, 2.75) is 30.7 Å². The van der Waals surface area contributed by atoms with Crippen molar-refractivity contribution >= 4 is 46.5 Å². The molecule has 1 aliphatic rings. The minimum absolute atomic E-state index is 0.0891. The van der Waals surface area contributed by atoms with E-state index in [4.69, 9.17) is 32.7 Å². The summed E-state index contributed by atoms with van der Waals surface area (Å²) in [5.74, 6) is -1.13. The van der Waals surface area contributed by atoms with E-state index < -0.39 is 32.7 Å². The number of halogens is 2. The van der Waals surface area contributed by atoms with Crippen molar-refractivity contribution in [3.8, 4) is 5.75 Å². The summed E-state index contributed by atoms with van der Waals surface area (Å²) in [6.45, 7) is 2.91. The lowest BCUT2D eigenvalue weighted by atomic mass is 10.1. The third-order valence-electron chi connectivity index (χ3n) is 4.01. The van der Waals surface area contributed by atoms with Crippen LogP contribution in [0.25, 0.3) is 0 Å². The maximum atomic E-state index is 12.2. The van der Waals surface area contributed by atoms with E-state index in [1.54, 1.807) is 6.92 Å². The van der Waals surface area contributed by atoms with Gasteiger partial charge in [0.2, 0.25) is 0 Å². The Bertz CT molecular complexity index is 739. The summed E-state index contributed by atoms with van der Waals surface area (Å²) < 4.78 is 8.95. The molecule has 1 aliphatic carbocycles. The molecule has 0 unspecified atom stereocenters. The second-order valence-electron chi connectivity index (χ2n) is 5.89. The second kappa shape index (κ2) is 6.68. The third-order valence-corrected chi connectivity index (χ3v) is 5.11. The summed E-state index contributed by atoms with van der Waals surface area (Å²) in [5, 5.41) is 13.3. The molecule has 1 N–H and O–H groups in total. The van der Waals surface area contributed by atoms with Gasteiger partial charge >= 0.3 is 5.97 Å². The molecule has 0 heterocycles. The highest BCUT2D eigenvalue weighted by Crippen LogP contribution is 2.64. The van der Waals surface area contributed by atoms with Gasteiger partial charge in [0.25, 0.3) is 11.6 Å². The molecule has 8 nitrogen and oxygen atoms in total. The Balaban J connectivity index is 2.07. The number of hydrogen-bond acceptors (Lipinski definition) is 6. The Morgan fingerprint density at radius 3 is 2.48 bits per heavy atom. The molecular weight excluding hydrogens is 375 g/mol. The highest BCUT2D eigenvalue weighted by molar-refractivity contribution is 6.53. The SMILES string of the molecule is COc1ccc([N+](=O)[O-])cc1NC(=O)[C@H](C)OC(=O)[C@@]1(C)CC1(Cl)Cl. The number of non-ortho nitro benzene ring substituents is 1. The van der Waals surface area contributed by atoms with Crippen molar-refractivity contribution < 1.29 is 24.0 Å². The lowest BCUT2D eigenvalue weighted by Crippen LogP contribution is -2.33. The number of nitro benzene ring substituents is 1. The summed E-state index contributed by atoms with van der Waals surface area (Å²) in [4.78, 5) is 34.6. The van der Waals surface area contributed by atoms with E-state index >= 15 is 0 Å². The largest absolute Gasteiger partial charge is 0.495 e. The van der Waals surface area contributed by atoms with Gasteiger partial charge in [-0.25, -0.2) is 0 Å². The average Bonchev–Trinajstić information content (AvgIpc) is 3.06. The molecule has 1 aromatic rings. The number of nitrogens with one attached hydrogen (secondary N) is 1. The fraction of sp³-hybridized carbons (Fsp3) is 0.467. The number of carbonyl (C=O) groups is 2. The molecule has 0 radical (unpaired) electrons. The lowest BCUT2D eigenvalue weighted by molar-refractivity contribution is -0.384. The van der Waals surface area contributed by atoms with Crippen LogP contribution in [0.5, 0.6) is 5.75 Å². The number of nitrogens with zero attached hydrogens (tertiary/aromatic N) is 1. The van der Waals surface area contributed by atoms with Crippen LogP contribution in [-0.4, -0.2) is 34.3 Å². The van der Waals surface area contributed by atoms with Crippen LogP contribution in [0.2, 0.25) is 0 Å². The van der Waals surface area contributed by atoms with E-state index in [-0.39, 0.29) is 23.5 Å². The van der Waals surface area contributed by atoms with E-state index in [0.29, 0.717) is 0 Å². The molecule has 1 saturated carbocycles. The smallest absolute Gasteiger partial charge is 0.315 e. The maximum absolute atomic E-state index is 12.2. The van der Waals surface area contributed by atoms with Gasteiger partial charge in [-0.15, -0.1) is 23.2 Å². The Morgan fingerprint density at radius 1 is 1.40 bits per heavy atom. The molecule has 1 amide bonds. The number of esters is 1. The van der Waals surface area contributed by atoms with Crippen LogP contribution in [0.4, 0.5) is 11.4 Å². The maximum Gasteiger partial charge on any atom is 0.315 e. The van der Waals surface area contributed by atoms with Gasteiger partial charge in [0, 0.05) is 18.6 Å². The van der Waals surface area contributed by atoms with Gasteiger partial charge in [0.1, 0.15) is 15.5 Å². The van der Waals surface area contributed by atoms with Crippen molar-refractivity contribution in [3.05, 3.63) is 28.3 Å². The first-order valence-corrected chi connectivity index (χ1v) is 7.99. The molecule has 2 atom stereocenters. The fourth-order valence-electron chi connectivity index (χ4n) is 2.11. The highest BCUT2D eigenvalue weighted by atomic mass is 35.5. The number of benzene rings is 1. The van der Waals surface area contributed by atoms with Crippen molar-refractivity contribution in [3.63, 3.8) is 0 Å². The molecule has 0 spiro atoms. The second-order valence-corrected chi connectivity index (χ2v) is 7.38. The normalized spacial score (nSPS) is 21.8. The molecule has 10 heteroatoms. The fourth-order valence-corrected chi connectivity index (χ4v) is 2.80. The van der Waals surface area contributed by atoms with Gasteiger partial charge in [-0.2, -0.15) is 0 Å². The predicted molar refractivity (Wildman–Crippen MR) is 91.0 cm³/mol.